The quantitative estimate of drug-likeness (QED) is 0.672. The number of ketones is 1. The van der Waals surface area contributed by atoms with Crippen LogP contribution in [0.3, 0.4) is 0 Å². The number of esters is 1. The minimum Gasteiger partial charge on any atom is -0.507 e. The fourth-order valence-corrected chi connectivity index (χ4v) is 2.21. The molecule has 2 aromatic rings. The van der Waals surface area contributed by atoms with Crippen molar-refractivity contribution in [3.63, 3.8) is 0 Å². The second-order valence-electron chi connectivity index (χ2n) is 5.59. The van der Waals surface area contributed by atoms with Gasteiger partial charge in [-0.1, -0.05) is 12.1 Å². The largest absolute Gasteiger partial charge is 0.507 e. The van der Waals surface area contributed by atoms with Crippen LogP contribution in [0.5, 0.6) is 11.5 Å². The highest BCUT2D eigenvalue weighted by molar-refractivity contribution is 6.02. The molecule has 0 saturated heterocycles. The number of ether oxygens (including phenoxy) is 2. The number of Topliss-reactive ketones (excluding diaryl/α,β-unsaturated/α-hetero) is 1. The molecule has 24 heavy (non-hydrogen) atoms. The van der Waals surface area contributed by atoms with Crippen LogP contribution < -0.4 is 4.74 Å². The van der Waals surface area contributed by atoms with Crippen molar-refractivity contribution < 1.29 is 24.2 Å². The average Bonchev–Trinajstić information content (AvgIpc) is 2.56. The Bertz CT molecular complexity index is 779. The minimum absolute atomic E-state index is 0.0471. The third-order valence-electron chi connectivity index (χ3n) is 3.87. The van der Waals surface area contributed by atoms with Crippen LogP contribution in [0.4, 0.5) is 0 Å². The van der Waals surface area contributed by atoms with Crippen molar-refractivity contribution in [1.29, 1.82) is 0 Å². The predicted octanol–water partition coefficient (Wildman–Crippen LogP) is 3.45. The maximum atomic E-state index is 12.4. The molecule has 2 rings (SSSR count). The van der Waals surface area contributed by atoms with Gasteiger partial charge in [0.2, 0.25) is 5.78 Å². The molecule has 5 heteroatoms. The molecule has 2 aromatic carbocycles. The first kappa shape index (κ1) is 17.5. The second kappa shape index (κ2) is 7.17. The number of carbonyl (C=O) groups is 2. The molecule has 0 amide bonds. The molecule has 0 aliphatic heterocycles. The second-order valence-corrected chi connectivity index (χ2v) is 5.59. The summed E-state index contributed by atoms with van der Waals surface area (Å²) in [5, 5.41) is 9.80. The summed E-state index contributed by atoms with van der Waals surface area (Å²) in [6, 6.07) is 9.56. The first-order valence-corrected chi connectivity index (χ1v) is 7.53. The summed E-state index contributed by atoms with van der Waals surface area (Å²) in [6.45, 7) is 5.38. The molecule has 0 saturated carbocycles. The number of benzene rings is 2. The molecule has 1 atom stereocenters. The van der Waals surface area contributed by atoms with Gasteiger partial charge >= 0.3 is 5.97 Å². The number of phenols is 1. The van der Waals surface area contributed by atoms with Gasteiger partial charge in [0.25, 0.3) is 0 Å². The first-order chi connectivity index (χ1) is 11.3. The Morgan fingerprint density at radius 2 is 1.75 bits per heavy atom. The molecule has 1 unspecified atom stereocenters. The average molecular weight is 328 g/mol. The summed E-state index contributed by atoms with van der Waals surface area (Å²) in [6.07, 6.45) is -0.967. The van der Waals surface area contributed by atoms with Crippen molar-refractivity contribution >= 4 is 11.8 Å². The number of aryl methyl sites for hydroxylation is 2. The molecule has 1 N–H and O–H groups in total. The number of phenolic OH excluding ortho intramolecular Hbond substituents is 1. The Morgan fingerprint density at radius 1 is 1.04 bits per heavy atom. The third-order valence-corrected chi connectivity index (χ3v) is 3.87. The number of hydrogen-bond acceptors (Lipinski definition) is 5. The fraction of sp³-hybridized carbons (Fsp3) is 0.263. The highest BCUT2D eigenvalue weighted by Crippen LogP contribution is 2.24. The van der Waals surface area contributed by atoms with Gasteiger partial charge in [-0.25, -0.2) is 4.79 Å². The number of hydrogen-bond donors (Lipinski definition) is 1. The van der Waals surface area contributed by atoms with E-state index in [2.05, 4.69) is 0 Å². The molecule has 0 bridgehead atoms. The SMILES string of the molecule is COc1ccc(O)c(C(=O)OC(C)C(=O)c2ccc(C)c(C)c2)c1. The van der Waals surface area contributed by atoms with E-state index in [4.69, 9.17) is 9.47 Å². The Labute approximate surface area is 140 Å². The first-order valence-electron chi connectivity index (χ1n) is 7.53. The van der Waals surface area contributed by atoms with E-state index in [-0.39, 0.29) is 17.1 Å². The summed E-state index contributed by atoms with van der Waals surface area (Å²) in [4.78, 5) is 24.6. The topological polar surface area (TPSA) is 72.8 Å². The standard InChI is InChI=1S/C19H20O5/c1-11-5-6-14(9-12(11)2)18(21)13(3)24-19(22)16-10-15(23-4)7-8-17(16)20/h5-10,13,20H,1-4H3. The molecule has 5 nitrogen and oxygen atoms in total. The molecule has 0 radical (unpaired) electrons. The van der Waals surface area contributed by atoms with Gasteiger partial charge in [0.05, 0.1) is 7.11 Å². The molecule has 0 aromatic heterocycles. The van der Waals surface area contributed by atoms with Crippen molar-refractivity contribution in [2.75, 3.05) is 7.11 Å². The van der Waals surface area contributed by atoms with Gasteiger partial charge in [0.15, 0.2) is 6.10 Å². The van der Waals surface area contributed by atoms with Crippen molar-refractivity contribution in [3.05, 3.63) is 58.7 Å². The van der Waals surface area contributed by atoms with Crippen molar-refractivity contribution in [3.8, 4) is 11.5 Å². The van der Waals surface area contributed by atoms with E-state index in [0.29, 0.717) is 11.3 Å². The van der Waals surface area contributed by atoms with Gasteiger partial charge < -0.3 is 14.6 Å². The van der Waals surface area contributed by atoms with E-state index in [1.54, 1.807) is 12.1 Å². The van der Waals surface area contributed by atoms with E-state index in [1.807, 2.05) is 19.9 Å². The molecule has 126 valence electrons. The number of carbonyl (C=O) groups excluding carboxylic acids is 2. The van der Waals surface area contributed by atoms with E-state index >= 15 is 0 Å². The van der Waals surface area contributed by atoms with Crippen LogP contribution in [-0.4, -0.2) is 30.1 Å². The molecular weight excluding hydrogens is 308 g/mol. The zero-order valence-electron chi connectivity index (χ0n) is 14.1. The molecule has 0 aliphatic rings. The van der Waals surface area contributed by atoms with Crippen LogP contribution in [0, 0.1) is 13.8 Å². The normalized spacial score (nSPS) is 11.7. The van der Waals surface area contributed by atoms with Crippen molar-refractivity contribution in [2.24, 2.45) is 0 Å². The van der Waals surface area contributed by atoms with Gasteiger partial charge in [-0.15, -0.1) is 0 Å². The van der Waals surface area contributed by atoms with Crippen LogP contribution in [0.2, 0.25) is 0 Å². The van der Waals surface area contributed by atoms with E-state index in [9.17, 15) is 14.7 Å². The van der Waals surface area contributed by atoms with E-state index in [1.165, 1.54) is 32.2 Å². The summed E-state index contributed by atoms with van der Waals surface area (Å²) >= 11 is 0. The predicted molar refractivity (Wildman–Crippen MR) is 89.8 cm³/mol. The van der Waals surface area contributed by atoms with Gasteiger partial charge in [-0.2, -0.15) is 0 Å². The number of methoxy groups -OCH3 is 1. The van der Waals surface area contributed by atoms with Crippen LogP contribution in [-0.2, 0) is 4.74 Å². The molecule has 0 fully saturated rings. The zero-order valence-corrected chi connectivity index (χ0v) is 14.1. The van der Waals surface area contributed by atoms with Crippen LogP contribution in [0.25, 0.3) is 0 Å². The fourth-order valence-electron chi connectivity index (χ4n) is 2.21. The Morgan fingerprint density at radius 3 is 2.38 bits per heavy atom. The Balaban J connectivity index is 2.16. The monoisotopic (exact) mass is 328 g/mol. The van der Waals surface area contributed by atoms with Gasteiger partial charge in [0, 0.05) is 5.56 Å². The lowest BCUT2D eigenvalue weighted by Crippen LogP contribution is -2.24. The maximum absolute atomic E-state index is 12.4. The molecule has 0 aliphatic carbocycles. The summed E-state index contributed by atoms with van der Waals surface area (Å²) < 4.78 is 10.2. The maximum Gasteiger partial charge on any atom is 0.342 e. The zero-order chi connectivity index (χ0) is 17.9. The number of aromatic hydroxyl groups is 1. The summed E-state index contributed by atoms with van der Waals surface area (Å²) in [5.74, 6) is -0.899. The number of rotatable bonds is 5. The lowest BCUT2D eigenvalue weighted by atomic mass is 10.0. The van der Waals surface area contributed by atoms with Gasteiger partial charge in [0.1, 0.15) is 17.1 Å². The minimum atomic E-state index is -0.967. The smallest absolute Gasteiger partial charge is 0.342 e. The highest BCUT2D eigenvalue weighted by Gasteiger charge is 2.22. The molecule has 0 spiro atoms. The van der Waals surface area contributed by atoms with E-state index in [0.717, 1.165) is 11.1 Å². The molecular formula is C19H20O5. The summed E-state index contributed by atoms with van der Waals surface area (Å²) in [7, 11) is 1.45. The van der Waals surface area contributed by atoms with Gasteiger partial charge in [-0.3, -0.25) is 4.79 Å². The third kappa shape index (κ3) is 3.74. The Kier molecular flexibility index (Phi) is 5.24. The van der Waals surface area contributed by atoms with Crippen molar-refractivity contribution in [2.45, 2.75) is 26.9 Å². The van der Waals surface area contributed by atoms with Crippen LogP contribution in [0.1, 0.15) is 38.8 Å². The highest BCUT2D eigenvalue weighted by atomic mass is 16.5. The Hall–Kier alpha value is -2.82. The van der Waals surface area contributed by atoms with E-state index < -0.39 is 12.1 Å². The lowest BCUT2D eigenvalue weighted by molar-refractivity contribution is 0.0315. The van der Waals surface area contributed by atoms with Crippen molar-refractivity contribution in [1.82, 2.24) is 0 Å². The summed E-state index contributed by atoms with van der Waals surface area (Å²) in [5.41, 5.74) is 2.50. The molecule has 0 heterocycles. The lowest BCUT2D eigenvalue weighted by Gasteiger charge is -2.14. The van der Waals surface area contributed by atoms with Gasteiger partial charge in [-0.05, 0) is 56.2 Å². The van der Waals surface area contributed by atoms with Crippen LogP contribution >= 0.6 is 0 Å². The van der Waals surface area contributed by atoms with Crippen LogP contribution in [0.15, 0.2) is 36.4 Å².